The van der Waals surface area contributed by atoms with E-state index in [1.807, 2.05) is 0 Å². The normalized spacial score (nSPS) is 13.0. The molecule has 0 bridgehead atoms. The topological polar surface area (TPSA) is 15.3 Å². The lowest BCUT2D eigenvalue weighted by molar-refractivity contribution is 0.292. The van der Waals surface area contributed by atoms with E-state index in [2.05, 4.69) is 63.2 Å². The van der Waals surface area contributed by atoms with Gasteiger partial charge in [-0.1, -0.05) is 43.2 Å². The van der Waals surface area contributed by atoms with E-state index in [1.165, 1.54) is 23.1 Å². The third kappa shape index (κ3) is 4.79. The number of rotatable bonds is 7. The Morgan fingerprint density at radius 1 is 1.11 bits per heavy atom. The molecule has 0 fully saturated rings. The van der Waals surface area contributed by atoms with Gasteiger partial charge < -0.3 is 10.2 Å². The van der Waals surface area contributed by atoms with Gasteiger partial charge in [-0.2, -0.15) is 0 Å². The molecule has 0 saturated heterocycles. The van der Waals surface area contributed by atoms with Crippen molar-refractivity contribution in [3.8, 4) is 0 Å². The molecular weight excluding hydrogens is 220 g/mol. The van der Waals surface area contributed by atoms with Crippen LogP contribution in [0.4, 0.5) is 0 Å². The lowest BCUT2D eigenvalue weighted by atomic mass is 10.0. The fourth-order valence-electron chi connectivity index (χ4n) is 2.53. The molecule has 1 rings (SSSR count). The van der Waals surface area contributed by atoms with E-state index in [0.717, 1.165) is 19.6 Å². The summed E-state index contributed by atoms with van der Waals surface area (Å²) in [5, 5.41) is 3.60. The maximum absolute atomic E-state index is 3.60. The monoisotopic (exact) mass is 248 g/mol. The molecule has 0 aromatic heterocycles. The lowest BCUT2D eigenvalue weighted by Gasteiger charge is -2.25. The fourth-order valence-corrected chi connectivity index (χ4v) is 2.53. The van der Waals surface area contributed by atoms with Gasteiger partial charge in [-0.15, -0.1) is 0 Å². The molecule has 0 radical (unpaired) electrons. The van der Waals surface area contributed by atoms with E-state index in [9.17, 15) is 0 Å². The molecule has 0 aliphatic heterocycles. The standard InChI is InChI=1S/C16H28N2/c1-6-8-18(5)12-16(17-7-2)15-10-13(3)9-14(4)11-15/h9-11,16-17H,6-8,12H2,1-5H3. The van der Waals surface area contributed by atoms with Crippen LogP contribution in [-0.2, 0) is 0 Å². The Bertz CT molecular complexity index is 340. The molecule has 0 amide bonds. The molecule has 2 nitrogen and oxygen atoms in total. The van der Waals surface area contributed by atoms with Gasteiger partial charge in [0.15, 0.2) is 0 Å². The van der Waals surface area contributed by atoms with E-state index < -0.39 is 0 Å². The number of aryl methyl sites for hydroxylation is 2. The number of hydrogen-bond donors (Lipinski definition) is 1. The van der Waals surface area contributed by atoms with Crippen LogP contribution in [0, 0.1) is 13.8 Å². The van der Waals surface area contributed by atoms with Gasteiger partial charge in [0.05, 0.1) is 0 Å². The largest absolute Gasteiger partial charge is 0.309 e. The van der Waals surface area contributed by atoms with Gasteiger partial charge in [0.2, 0.25) is 0 Å². The Balaban J connectivity index is 2.82. The molecule has 1 N–H and O–H groups in total. The summed E-state index contributed by atoms with van der Waals surface area (Å²) in [6.07, 6.45) is 1.21. The summed E-state index contributed by atoms with van der Waals surface area (Å²) in [4.78, 5) is 2.41. The highest BCUT2D eigenvalue weighted by Gasteiger charge is 2.13. The lowest BCUT2D eigenvalue weighted by Crippen LogP contribution is -2.33. The first-order chi connectivity index (χ1) is 8.56. The highest BCUT2D eigenvalue weighted by atomic mass is 15.1. The zero-order chi connectivity index (χ0) is 13.5. The highest BCUT2D eigenvalue weighted by molar-refractivity contribution is 5.30. The van der Waals surface area contributed by atoms with Gasteiger partial charge in [-0.05, 0) is 46.0 Å². The molecule has 0 spiro atoms. The number of nitrogens with one attached hydrogen (secondary N) is 1. The molecule has 2 heteroatoms. The minimum Gasteiger partial charge on any atom is -0.309 e. The van der Waals surface area contributed by atoms with Crippen LogP contribution in [0.3, 0.4) is 0 Å². The second-order valence-corrected chi connectivity index (χ2v) is 5.29. The van der Waals surface area contributed by atoms with E-state index >= 15 is 0 Å². The van der Waals surface area contributed by atoms with Gasteiger partial charge in [-0.3, -0.25) is 0 Å². The van der Waals surface area contributed by atoms with Crippen molar-refractivity contribution in [1.29, 1.82) is 0 Å². The van der Waals surface area contributed by atoms with Crippen LogP contribution >= 0.6 is 0 Å². The zero-order valence-corrected chi connectivity index (χ0v) is 12.6. The predicted octanol–water partition coefficient (Wildman–Crippen LogP) is 3.30. The summed E-state index contributed by atoms with van der Waals surface area (Å²) in [6.45, 7) is 12.0. The first-order valence-electron chi connectivity index (χ1n) is 7.07. The Labute approximate surface area is 112 Å². The summed E-state index contributed by atoms with van der Waals surface area (Å²) >= 11 is 0. The van der Waals surface area contributed by atoms with Gasteiger partial charge in [0, 0.05) is 12.6 Å². The first-order valence-corrected chi connectivity index (χ1v) is 7.07. The first kappa shape index (κ1) is 15.2. The maximum Gasteiger partial charge on any atom is 0.0449 e. The van der Waals surface area contributed by atoms with Crippen molar-refractivity contribution in [3.63, 3.8) is 0 Å². The van der Waals surface area contributed by atoms with Crippen molar-refractivity contribution < 1.29 is 0 Å². The number of hydrogen-bond acceptors (Lipinski definition) is 2. The molecule has 1 aromatic carbocycles. The quantitative estimate of drug-likeness (QED) is 0.796. The number of benzene rings is 1. The predicted molar refractivity (Wildman–Crippen MR) is 80.1 cm³/mol. The molecule has 0 aliphatic carbocycles. The van der Waals surface area contributed by atoms with Crippen molar-refractivity contribution in [2.75, 3.05) is 26.7 Å². The smallest absolute Gasteiger partial charge is 0.0449 e. The molecule has 1 aromatic rings. The van der Waals surface area contributed by atoms with Gasteiger partial charge in [0.1, 0.15) is 0 Å². The molecule has 0 heterocycles. The SMILES string of the molecule is CCCN(C)CC(NCC)c1cc(C)cc(C)c1. The molecule has 102 valence electrons. The van der Waals surface area contributed by atoms with E-state index in [4.69, 9.17) is 0 Å². The summed E-state index contributed by atoms with van der Waals surface area (Å²) in [6, 6.07) is 7.29. The van der Waals surface area contributed by atoms with E-state index in [1.54, 1.807) is 0 Å². The summed E-state index contributed by atoms with van der Waals surface area (Å²) < 4.78 is 0. The van der Waals surface area contributed by atoms with Gasteiger partial charge >= 0.3 is 0 Å². The molecule has 0 aliphatic rings. The summed E-state index contributed by atoms with van der Waals surface area (Å²) in [5.74, 6) is 0. The number of likely N-dealkylation sites (N-methyl/N-ethyl adjacent to an activating group) is 2. The van der Waals surface area contributed by atoms with Crippen molar-refractivity contribution in [2.24, 2.45) is 0 Å². The van der Waals surface area contributed by atoms with Crippen molar-refractivity contribution in [1.82, 2.24) is 10.2 Å². The fraction of sp³-hybridized carbons (Fsp3) is 0.625. The Hall–Kier alpha value is -0.860. The summed E-state index contributed by atoms with van der Waals surface area (Å²) in [5.41, 5.74) is 4.12. The average Bonchev–Trinajstić information content (AvgIpc) is 2.27. The third-order valence-electron chi connectivity index (χ3n) is 3.20. The summed E-state index contributed by atoms with van der Waals surface area (Å²) in [7, 11) is 2.20. The molecule has 1 unspecified atom stereocenters. The maximum atomic E-state index is 3.60. The van der Waals surface area contributed by atoms with Crippen LogP contribution in [0.1, 0.15) is 43.0 Å². The van der Waals surface area contributed by atoms with Crippen LogP contribution in [0.5, 0.6) is 0 Å². The van der Waals surface area contributed by atoms with Crippen LogP contribution in [0.15, 0.2) is 18.2 Å². The van der Waals surface area contributed by atoms with Crippen LogP contribution in [0.25, 0.3) is 0 Å². The molecule has 18 heavy (non-hydrogen) atoms. The second kappa shape index (κ2) is 7.55. The van der Waals surface area contributed by atoms with Crippen molar-refractivity contribution in [3.05, 3.63) is 34.9 Å². The Morgan fingerprint density at radius 2 is 1.72 bits per heavy atom. The minimum absolute atomic E-state index is 0.435. The molecule has 1 atom stereocenters. The van der Waals surface area contributed by atoms with Crippen LogP contribution in [0.2, 0.25) is 0 Å². The molecule has 0 saturated carbocycles. The van der Waals surface area contributed by atoms with Crippen molar-refractivity contribution in [2.45, 2.75) is 40.2 Å². The highest BCUT2D eigenvalue weighted by Crippen LogP contribution is 2.18. The number of nitrogens with zero attached hydrogens (tertiary/aromatic N) is 1. The van der Waals surface area contributed by atoms with E-state index in [-0.39, 0.29) is 0 Å². The van der Waals surface area contributed by atoms with Crippen molar-refractivity contribution >= 4 is 0 Å². The van der Waals surface area contributed by atoms with Crippen LogP contribution < -0.4 is 5.32 Å². The third-order valence-corrected chi connectivity index (χ3v) is 3.20. The Kier molecular flexibility index (Phi) is 6.37. The van der Waals surface area contributed by atoms with Gasteiger partial charge in [0.25, 0.3) is 0 Å². The second-order valence-electron chi connectivity index (χ2n) is 5.29. The van der Waals surface area contributed by atoms with E-state index in [0.29, 0.717) is 6.04 Å². The van der Waals surface area contributed by atoms with Gasteiger partial charge in [-0.25, -0.2) is 0 Å². The zero-order valence-electron chi connectivity index (χ0n) is 12.6. The molecular formula is C16H28N2. The average molecular weight is 248 g/mol. The Morgan fingerprint density at radius 3 is 2.22 bits per heavy atom. The minimum atomic E-state index is 0.435. The van der Waals surface area contributed by atoms with Crippen LogP contribution in [-0.4, -0.2) is 31.6 Å².